The van der Waals surface area contributed by atoms with Crippen molar-refractivity contribution in [1.29, 1.82) is 0 Å². The van der Waals surface area contributed by atoms with Crippen molar-refractivity contribution in [2.45, 2.75) is 26.3 Å². The van der Waals surface area contributed by atoms with Gasteiger partial charge >= 0.3 is 0 Å². The van der Waals surface area contributed by atoms with Crippen LogP contribution >= 0.6 is 0 Å². The normalized spacial score (nSPS) is 15.6. The maximum Gasteiger partial charge on any atom is 0.224 e. The van der Waals surface area contributed by atoms with Gasteiger partial charge in [0.1, 0.15) is 0 Å². The van der Waals surface area contributed by atoms with Gasteiger partial charge in [-0.2, -0.15) is 0 Å². The SMILES string of the molecule is CC(CC(C)N(C)C)C(=O)N(C)C. The van der Waals surface area contributed by atoms with Gasteiger partial charge in [-0.25, -0.2) is 0 Å². The summed E-state index contributed by atoms with van der Waals surface area (Å²) in [6.07, 6.45) is 0.921. The number of rotatable bonds is 4. The van der Waals surface area contributed by atoms with E-state index in [0.717, 1.165) is 6.42 Å². The summed E-state index contributed by atoms with van der Waals surface area (Å²) in [7, 11) is 7.69. The fraction of sp³-hybridized carbons (Fsp3) is 0.900. The average molecular weight is 186 g/mol. The van der Waals surface area contributed by atoms with E-state index in [9.17, 15) is 4.79 Å². The standard InChI is InChI=1S/C10H22N2O/c1-8(10(13)12(5)6)7-9(2)11(3)4/h8-9H,7H2,1-6H3. The number of carbonyl (C=O) groups excluding carboxylic acids is 1. The van der Waals surface area contributed by atoms with Crippen LogP contribution in [0.25, 0.3) is 0 Å². The Balaban J connectivity index is 4.00. The van der Waals surface area contributed by atoms with E-state index in [-0.39, 0.29) is 11.8 Å². The minimum atomic E-state index is 0.118. The number of nitrogens with zero attached hydrogens (tertiary/aromatic N) is 2. The summed E-state index contributed by atoms with van der Waals surface area (Å²) in [4.78, 5) is 15.3. The highest BCUT2D eigenvalue weighted by Crippen LogP contribution is 2.11. The molecule has 3 nitrogen and oxygen atoms in total. The molecule has 78 valence electrons. The van der Waals surface area contributed by atoms with Gasteiger partial charge in [-0.15, -0.1) is 0 Å². The highest BCUT2D eigenvalue weighted by Gasteiger charge is 2.18. The number of amides is 1. The summed E-state index contributed by atoms with van der Waals surface area (Å²) in [5.74, 6) is 0.334. The van der Waals surface area contributed by atoms with Crippen LogP contribution < -0.4 is 0 Å². The second-order valence-corrected chi connectivity index (χ2v) is 4.18. The molecule has 0 aromatic rings. The fourth-order valence-electron chi connectivity index (χ4n) is 1.26. The molecule has 2 unspecified atom stereocenters. The van der Waals surface area contributed by atoms with Gasteiger partial charge < -0.3 is 9.80 Å². The lowest BCUT2D eigenvalue weighted by molar-refractivity contribution is -0.132. The topological polar surface area (TPSA) is 23.6 Å². The molecule has 0 heterocycles. The summed E-state index contributed by atoms with van der Waals surface area (Å²) in [6, 6.07) is 0.457. The molecule has 0 bridgehead atoms. The third-order valence-electron chi connectivity index (χ3n) is 2.44. The Kier molecular flexibility index (Phi) is 4.99. The second-order valence-electron chi connectivity index (χ2n) is 4.18. The van der Waals surface area contributed by atoms with Crippen molar-refractivity contribution < 1.29 is 4.79 Å². The van der Waals surface area contributed by atoms with Crippen LogP contribution in [0.15, 0.2) is 0 Å². The first-order chi connectivity index (χ1) is 5.86. The van der Waals surface area contributed by atoms with E-state index in [0.29, 0.717) is 6.04 Å². The lowest BCUT2D eigenvalue weighted by Crippen LogP contribution is -2.33. The van der Waals surface area contributed by atoms with Crippen molar-refractivity contribution in [1.82, 2.24) is 9.80 Å². The van der Waals surface area contributed by atoms with Crippen molar-refractivity contribution in [3.63, 3.8) is 0 Å². The molecule has 0 aromatic heterocycles. The Bertz CT molecular complexity index is 166. The molecule has 1 amide bonds. The first kappa shape index (κ1) is 12.4. The monoisotopic (exact) mass is 186 g/mol. The smallest absolute Gasteiger partial charge is 0.224 e. The van der Waals surface area contributed by atoms with Crippen LogP contribution in [-0.2, 0) is 4.79 Å². The molecule has 3 heteroatoms. The fourth-order valence-corrected chi connectivity index (χ4v) is 1.26. The zero-order valence-electron chi connectivity index (χ0n) is 9.66. The minimum Gasteiger partial charge on any atom is -0.349 e. The maximum atomic E-state index is 11.5. The van der Waals surface area contributed by atoms with E-state index in [4.69, 9.17) is 0 Å². The van der Waals surface area contributed by atoms with Gasteiger partial charge in [0.05, 0.1) is 0 Å². The molecular weight excluding hydrogens is 164 g/mol. The third-order valence-corrected chi connectivity index (χ3v) is 2.44. The second kappa shape index (κ2) is 5.22. The van der Waals surface area contributed by atoms with Crippen molar-refractivity contribution in [3.8, 4) is 0 Å². The Morgan fingerprint density at radius 2 is 1.62 bits per heavy atom. The van der Waals surface area contributed by atoms with Gasteiger partial charge in [0.15, 0.2) is 0 Å². The summed E-state index contributed by atoms with van der Waals surface area (Å²) in [6.45, 7) is 4.13. The van der Waals surface area contributed by atoms with Crippen molar-refractivity contribution in [3.05, 3.63) is 0 Å². The Labute approximate surface area is 81.7 Å². The molecule has 0 saturated heterocycles. The molecular formula is C10H22N2O. The number of hydrogen-bond donors (Lipinski definition) is 0. The third kappa shape index (κ3) is 4.27. The molecule has 0 aliphatic rings. The van der Waals surface area contributed by atoms with Gasteiger partial charge in [0.25, 0.3) is 0 Å². The van der Waals surface area contributed by atoms with Crippen molar-refractivity contribution in [2.75, 3.05) is 28.2 Å². The molecule has 0 saturated carbocycles. The highest BCUT2D eigenvalue weighted by atomic mass is 16.2. The predicted octanol–water partition coefficient (Wildman–Crippen LogP) is 1.05. The van der Waals surface area contributed by atoms with Crippen LogP contribution in [0.5, 0.6) is 0 Å². The van der Waals surface area contributed by atoms with Crippen molar-refractivity contribution in [2.24, 2.45) is 5.92 Å². The van der Waals surface area contributed by atoms with Crippen LogP contribution in [-0.4, -0.2) is 49.9 Å². The Hall–Kier alpha value is -0.570. The van der Waals surface area contributed by atoms with Gasteiger partial charge in [-0.05, 0) is 27.4 Å². The Morgan fingerprint density at radius 1 is 1.15 bits per heavy atom. The first-order valence-corrected chi connectivity index (χ1v) is 4.73. The lowest BCUT2D eigenvalue weighted by Gasteiger charge is -2.24. The van der Waals surface area contributed by atoms with Crippen molar-refractivity contribution >= 4 is 5.91 Å². The zero-order chi connectivity index (χ0) is 10.6. The molecule has 2 atom stereocenters. The molecule has 0 rings (SSSR count). The first-order valence-electron chi connectivity index (χ1n) is 4.73. The van der Waals surface area contributed by atoms with Gasteiger partial charge in [0, 0.05) is 26.1 Å². The molecule has 0 radical (unpaired) electrons. The van der Waals surface area contributed by atoms with E-state index in [2.05, 4.69) is 11.8 Å². The number of carbonyl (C=O) groups is 1. The summed E-state index contributed by atoms with van der Waals surface area (Å²) < 4.78 is 0. The van der Waals surface area contributed by atoms with Crippen LogP contribution in [0.2, 0.25) is 0 Å². The highest BCUT2D eigenvalue weighted by molar-refractivity contribution is 5.77. The maximum absolute atomic E-state index is 11.5. The molecule has 0 aliphatic heterocycles. The quantitative estimate of drug-likeness (QED) is 0.655. The van der Waals surface area contributed by atoms with Crippen LogP contribution in [0.4, 0.5) is 0 Å². The summed E-state index contributed by atoms with van der Waals surface area (Å²) >= 11 is 0. The van der Waals surface area contributed by atoms with E-state index in [1.807, 2.05) is 21.0 Å². The summed E-state index contributed by atoms with van der Waals surface area (Å²) in [5.41, 5.74) is 0. The molecule has 0 N–H and O–H groups in total. The van der Waals surface area contributed by atoms with Crippen LogP contribution in [0.3, 0.4) is 0 Å². The lowest BCUT2D eigenvalue weighted by atomic mass is 10.0. The van der Waals surface area contributed by atoms with Gasteiger partial charge in [0.2, 0.25) is 5.91 Å². The van der Waals surface area contributed by atoms with E-state index < -0.39 is 0 Å². The van der Waals surface area contributed by atoms with Gasteiger partial charge in [-0.3, -0.25) is 4.79 Å². The average Bonchev–Trinajstić information content (AvgIpc) is 2.02. The van der Waals surface area contributed by atoms with Crippen LogP contribution in [0.1, 0.15) is 20.3 Å². The van der Waals surface area contributed by atoms with Crippen LogP contribution in [0, 0.1) is 5.92 Å². The molecule has 13 heavy (non-hydrogen) atoms. The molecule has 0 aliphatic carbocycles. The number of hydrogen-bond acceptors (Lipinski definition) is 2. The van der Waals surface area contributed by atoms with E-state index in [1.54, 1.807) is 19.0 Å². The van der Waals surface area contributed by atoms with E-state index >= 15 is 0 Å². The largest absolute Gasteiger partial charge is 0.349 e. The molecule has 0 spiro atoms. The molecule has 0 fully saturated rings. The predicted molar refractivity (Wildman–Crippen MR) is 55.6 cm³/mol. The zero-order valence-corrected chi connectivity index (χ0v) is 9.66. The Morgan fingerprint density at radius 3 is 1.92 bits per heavy atom. The molecule has 0 aromatic carbocycles. The van der Waals surface area contributed by atoms with E-state index in [1.165, 1.54) is 0 Å². The van der Waals surface area contributed by atoms with Gasteiger partial charge in [-0.1, -0.05) is 6.92 Å². The minimum absolute atomic E-state index is 0.118. The summed E-state index contributed by atoms with van der Waals surface area (Å²) in [5, 5.41) is 0.